The van der Waals surface area contributed by atoms with Gasteiger partial charge < -0.3 is 20.8 Å². The highest BCUT2D eigenvalue weighted by Gasteiger charge is 1.99. The molecule has 0 unspecified atom stereocenters. The first-order valence-corrected chi connectivity index (χ1v) is 4.60. The normalized spacial score (nSPS) is 9.67. The summed E-state index contributed by atoms with van der Waals surface area (Å²) in [6.07, 6.45) is 0. The summed E-state index contributed by atoms with van der Waals surface area (Å²) in [5, 5.41) is 23.8. The summed E-state index contributed by atoms with van der Waals surface area (Å²) in [5.74, 6) is -0.396. The number of carbonyl (C=O) groups is 1. The average Bonchev–Trinajstić information content (AvgIpc) is 2.18. The van der Waals surface area contributed by atoms with E-state index in [1.807, 2.05) is 0 Å². The molecule has 0 radical (unpaired) electrons. The number of benzene rings is 1. The van der Waals surface area contributed by atoms with Crippen LogP contribution in [0.2, 0.25) is 0 Å². The van der Waals surface area contributed by atoms with Crippen LogP contribution in [0.3, 0.4) is 0 Å². The summed E-state index contributed by atoms with van der Waals surface area (Å²) in [5.41, 5.74) is 0.690. The lowest BCUT2D eigenvalue weighted by atomic mass is 10.3. The van der Waals surface area contributed by atoms with Crippen molar-refractivity contribution in [2.24, 2.45) is 0 Å². The molecule has 82 valence electrons. The maximum Gasteiger partial charge on any atom is 0.216 e. The minimum Gasteiger partial charge on any atom is -0.504 e. The van der Waals surface area contributed by atoms with Gasteiger partial charge in [0.05, 0.1) is 0 Å². The van der Waals surface area contributed by atoms with E-state index < -0.39 is 0 Å². The number of hydrogen-bond donors (Lipinski definition) is 4. The summed E-state index contributed by atoms with van der Waals surface area (Å²) >= 11 is 0. The van der Waals surface area contributed by atoms with Gasteiger partial charge >= 0.3 is 0 Å². The molecule has 0 aliphatic carbocycles. The fourth-order valence-electron chi connectivity index (χ4n) is 1.08. The van der Waals surface area contributed by atoms with Gasteiger partial charge in [0.25, 0.3) is 0 Å². The Hall–Kier alpha value is -1.91. The predicted octanol–water partition coefficient (Wildman–Crippen LogP) is 0.646. The molecule has 15 heavy (non-hydrogen) atoms. The Morgan fingerprint density at radius 3 is 2.60 bits per heavy atom. The van der Waals surface area contributed by atoms with Crippen molar-refractivity contribution in [1.82, 2.24) is 5.32 Å². The van der Waals surface area contributed by atoms with Crippen LogP contribution in [0, 0.1) is 0 Å². The van der Waals surface area contributed by atoms with Crippen LogP contribution in [0.1, 0.15) is 6.92 Å². The Morgan fingerprint density at radius 2 is 2.00 bits per heavy atom. The molecule has 0 atom stereocenters. The molecule has 0 heterocycles. The Balaban J connectivity index is 2.38. The van der Waals surface area contributed by atoms with Crippen LogP contribution in [-0.2, 0) is 4.79 Å². The van der Waals surface area contributed by atoms with E-state index in [4.69, 9.17) is 5.11 Å². The van der Waals surface area contributed by atoms with Crippen molar-refractivity contribution in [2.75, 3.05) is 18.4 Å². The molecule has 0 aliphatic heterocycles. The predicted molar refractivity (Wildman–Crippen MR) is 56.9 cm³/mol. The number of amides is 1. The van der Waals surface area contributed by atoms with Gasteiger partial charge in [-0.1, -0.05) is 0 Å². The molecule has 0 aromatic heterocycles. The van der Waals surface area contributed by atoms with E-state index >= 15 is 0 Å². The standard InChI is InChI=1S/C10H14N2O3/c1-7(13)11-4-5-12-8-2-3-9(14)10(15)6-8/h2-3,6,12,14-15H,4-5H2,1H3,(H,11,13). The second kappa shape index (κ2) is 5.09. The lowest BCUT2D eigenvalue weighted by Crippen LogP contribution is -2.26. The highest BCUT2D eigenvalue weighted by Crippen LogP contribution is 2.26. The number of rotatable bonds is 4. The summed E-state index contributed by atoms with van der Waals surface area (Å²) in [7, 11) is 0. The van der Waals surface area contributed by atoms with Gasteiger partial charge in [-0.3, -0.25) is 4.79 Å². The van der Waals surface area contributed by atoms with Gasteiger partial charge in [0, 0.05) is 31.8 Å². The number of phenolic OH excluding ortho intramolecular Hbond substituents is 2. The largest absolute Gasteiger partial charge is 0.504 e. The van der Waals surface area contributed by atoms with Gasteiger partial charge in [-0.2, -0.15) is 0 Å². The summed E-state index contributed by atoms with van der Waals surface area (Å²) < 4.78 is 0. The molecule has 5 heteroatoms. The lowest BCUT2D eigenvalue weighted by Gasteiger charge is -2.07. The van der Waals surface area contributed by atoms with Crippen molar-refractivity contribution in [2.45, 2.75) is 6.92 Å². The molecule has 5 nitrogen and oxygen atoms in total. The minimum atomic E-state index is -0.167. The van der Waals surface area contributed by atoms with Gasteiger partial charge in [0.15, 0.2) is 11.5 Å². The second-order valence-electron chi connectivity index (χ2n) is 3.11. The van der Waals surface area contributed by atoms with Gasteiger partial charge in [-0.25, -0.2) is 0 Å². The highest BCUT2D eigenvalue weighted by molar-refractivity contribution is 5.72. The molecule has 0 spiro atoms. The molecule has 0 saturated heterocycles. The van der Waals surface area contributed by atoms with Crippen LogP contribution in [0.4, 0.5) is 5.69 Å². The van der Waals surface area contributed by atoms with E-state index in [1.54, 1.807) is 6.07 Å². The van der Waals surface area contributed by atoms with Gasteiger partial charge in [-0.05, 0) is 12.1 Å². The number of carbonyl (C=O) groups excluding carboxylic acids is 1. The zero-order valence-electron chi connectivity index (χ0n) is 8.45. The first kappa shape index (κ1) is 11.2. The van der Waals surface area contributed by atoms with Crippen LogP contribution in [-0.4, -0.2) is 29.2 Å². The second-order valence-corrected chi connectivity index (χ2v) is 3.11. The molecular formula is C10H14N2O3. The van der Waals surface area contributed by atoms with Crippen molar-refractivity contribution in [3.8, 4) is 11.5 Å². The minimum absolute atomic E-state index is 0.0784. The third-order valence-electron chi connectivity index (χ3n) is 1.80. The van der Waals surface area contributed by atoms with E-state index in [-0.39, 0.29) is 17.4 Å². The van der Waals surface area contributed by atoms with Gasteiger partial charge in [-0.15, -0.1) is 0 Å². The smallest absolute Gasteiger partial charge is 0.216 e. The quantitative estimate of drug-likeness (QED) is 0.334. The molecule has 4 N–H and O–H groups in total. The van der Waals surface area contributed by atoms with Crippen LogP contribution in [0.25, 0.3) is 0 Å². The molecule has 0 aliphatic rings. The van der Waals surface area contributed by atoms with E-state index in [1.165, 1.54) is 19.1 Å². The Labute approximate surface area is 87.7 Å². The lowest BCUT2D eigenvalue weighted by molar-refractivity contribution is -0.118. The number of hydrogen-bond acceptors (Lipinski definition) is 4. The molecule has 1 aromatic carbocycles. The first-order valence-electron chi connectivity index (χ1n) is 4.60. The van der Waals surface area contributed by atoms with Crippen molar-refractivity contribution < 1.29 is 15.0 Å². The van der Waals surface area contributed by atoms with Crippen molar-refractivity contribution in [3.63, 3.8) is 0 Å². The summed E-state index contributed by atoms with van der Waals surface area (Å²) in [6.45, 7) is 2.52. The number of phenols is 2. The number of nitrogens with one attached hydrogen (secondary N) is 2. The third kappa shape index (κ3) is 3.76. The molecule has 1 amide bonds. The number of aromatic hydroxyl groups is 2. The fraction of sp³-hybridized carbons (Fsp3) is 0.300. The van der Waals surface area contributed by atoms with Crippen LogP contribution < -0.4 is 10.6 Å². The van der Waals surface area contributed by atoms with Crippen LogP contribution >= 0.6 is 0 Å². The van der Waals surface area contributed by atoms with Crippen molar-refractivity contribution in [3.05, 3.63) is 18.2 Å². The zero-order chi connectivity index (χ0) is 11.3. The van der Waals surface area contributed by atoms with Gasteiger partial charge in [0.2, 0.25) is 5.91 Å². The maximum absolute atomic E-state index is 10.5. The first-order chi connectivity index (χ1) is 7.09. The number of anilines is 1. The molecule has 1 rings (SSSR count). The Morgan fingerprint density at radius 1 is 1.27 bits per heavy atom. The molecule has 0 bridgehead atoms. The molecular weight excluding hydrogens is 196 g/mol. The Bertz CT molecular complexity index is 353. The Kier molecular flexibility index (Phi) is 3.79. The van der Waals surface area contributed by atoms with Crippen LogP contribution in [0.15, 0.2) is 18.2 Å². The third-order valence-corrected chi connectivity index (χ3v) is 1.80. The van der Waals surface area contributed by atoms with Gasteiger partial charge in [0.1, 0.15) is 0 Å². The van der Waals surface area contributed by atoms with E-state index in [0.29, 0.717) is 18.8 Å². The summed E-state index contributed by atoms with van der Waals surface area (Å²) in [6, 6.07) is 4.46. The topological polar surface area (TPSA) is 81.6 Å². The fourth-order valence-corrected chi connectivity index (χ4v) is 1.08. The SMILES string of the molecule is CC(=O)NCCNc1ccc(O)c(O)c1. The highest BCUT2D eigenvalue weighted by atomic mass is 16.3. The van der Waals surface area contributed by atoms with E-state index in [9.17, 15) is 9.90 Å². The average molecular weight is 210 g/mol. The maximum atomic E-state index is 10.5. The van der Waals surface area contributed by atoms with Crippen molar-refractivity contribution in [1.29, 1.82) is 0 Å². The monoisotopic (exact) mass is 210 g/mol. The summed E-state index contributed by atoms with van der Waals surface area (Å²) in [4.78, 5) is 10.5. The zero-order valence-corrected chi connectivity index (χ0v) is 8.45. The molecule has 0 saturated carbocycles. The molecule has 1 aromatic rings. The molecule has 0 fully saturated rings. The van der Waals surface area contributed by atoms with Crippen molar-refractivity contribution >= 4 is 11.6 Å². The van der Waals surface area contributed by atoms with E-state index in [0.717, 1.165) is 0 Å². The van der Waals surface area contributed by atoms with E-state index in [2.05, 4.69) is 10.6 Å². The van der Waals surface area contributed by atoms with Crippen LogP contribution in [0.5, 0.6) is 11.5 Å².